The molecule has 114 valence electrons. The Kier molecular flexibility index (Phi) is 4.41. The van der Waals surface area contributed by atoms with Crippen molar-refractivity contribution < 1.29 is 18.0 Å². The van der Waals surface area contributed by atoms with Crippen molar-refractivity contribution in [2.45, 2.75) is 6.18 Å². The third kappa shape index (κ3) is 3.47. The normalized spacial score (nSPS) is 11.9. The Morgan fingerprint density at radius 2 is 2.05 bits per heavy atom. The number of carbonyl (C=O) groups excluding carboxylic acids is 1. The van der Waals surface area contributed by atoms with Crippen molar-refractivity contribution in [3.05, 3.63) is 30.0 Å². The monoisotopic (exact) mass is 319 g/mol. The Labute approximate surface area is 124 Å². The molecule has 0 spiro atoms. The first-order valence-corrected chi connectivity index (χ1v) is 6.70. The molecule has 2 rings (SSSR count). The van der Waals surface area contributed by atoms with Gasteiger partial charge in [0, 0.05) is 24.9 Å². The van der Waals surface area contributed by atoms with Gasteiger partial charge in [0.15, 0.2) is 5.69 Å². The predicted molar refractivity (Wildman–Crippen MR) is 73.4 cm³/mol. The number of para-hydroxylation sites is 1. The Balaban J connectivity index is 2.39. The molecule has 0 saturated heterocycles. The Morgan fingerprint density at radius 1 is 1.38 bits per heavy atom. The van der Waals surface area contributed by atoms with Crippen molar-refractivity contribution in [1.29, 1.82) is 0 Å². The van der Waals surface area contributed by atoms with Crippen LogP contribution in [-0.2, 0) is 7.05 Å². The lowest BCUT2D eigenvalue weighted by molar-refractivity contribution is -0.140. The fraction of sp³-hybridized carbons (Fsp3) is 0.385. The number of fused-ring (bicyclic) bond motifs is 1. The molecule has 0 bridgehead atoms. The summed E-state index contributed by atoms with van der Waals surface area (Å²) < 4.78 is 39.2. The first-order valence-electron chi connectivity index (χ1n) is 6.17. The first kappa shape index (κ1) is 15.6. The van der Waals surface area contributed by atoms with Crippen LogP contribution in [0.4, 0.5) is 13.2 Å². The summed E-state index contributed by atoms with van der Waals surface area (Å²) in [4.78, 5) is 13.0. The second-order valence-corrected chi connectivity index (χ2v) is 4.90. The van der Waals surface area contributed by atoms with E-state index in [1.54, 1.807) is 31.3 Å². The summed E-state index contributed by atoms with van der Waals surface area (Å²) in [5.41, 5.74) is 0.682. The molecule has 0 radical (unpaired) electrons. The molecular weight excluding hydrogens is 307 g/mol. The zero-order chi connectivity index (χ0) is 15.6. The summed E-state index contributed by atoms with van der Waals surface area (Å²) in [5, 5.41) is 4.56. The molecule has 0 saturated carbocycles. The van der Waals surface area contributed by atoms with Crippen LogP contribution >= 0.6 is 11.6 Å². The third-order valence-electron chi connectivity index (χ3n) is 2.97. The fourth-order valence-electron chi connectivity index (χ4n) is 2.09. The summed E-state index contributed by atoms with van der Waals surface area (Å²) in [6, 6.07) is 6.87. The molecule has 0 aliphatic rings. The summed E-state index contributed by atoms with van der Waals surface area (Å²) in [6.45, 7) is -1.53. The second kappa shape index (κ2) is 5.93. The number of aryl methyl sites for hydroxylation is 1. The molecule has 1 heterocycles. The van der Waals surface area contributed by atoms with Crippen LogP contribution in [0.25, 0.3) is 10.9 Å². The van der Waals surface area contributed by atoms with Crippen LogP contribution in [0.1, 0.15) is 10.5 Å². The number of amides is 1. The number of rotatable bonds is 4. The minimum absolute atomic E-state index is 0.00228. The molecule has 21 heavy (non-hydrogen) atoms. The SMILES string of the molecule is Cn1nc(C(=O)N(CCCl)CC(F)(F)F)c2ccccc21. The molecule has 0 N–H and O–H groups in total. The maximum Gasteiger partial charge on any atom is 0.406 e. The standard InChI is InChI=1S/C13H13ClF3N3O/c1-19-10-5-3-2-4-9(10)11(18-19)12(21)20(7-6-14)8-13(15,16)17/h2-5H,6-8H2,1H3. The summed E-state index contributed by atoms with van der Waals surface area (Å²) >= 11 is 5.49. The van der Waals surface area contributed by atoms with E-state index in [2.05, 4.69) is 5.10 Å². The lowest BCUT2D eigenvalue weighted by Gasteiger charge is -2.22. The molecule has 1 aromatic heterocycles. The van der Waals surface area contributed by atoms with Crippen LogP contribution < -0.4 is 0 Å². The summed E-state index contributed by atoms with van der Waals surface area (Å²) in [7, 11) is 1.63. The molecule has 0 atom stereocenters. The van der Waals surface area contributed by atoms with E-state index in [-0.39, 0.29) is 18.1 Å². The van der Waals surface area contributed by atoms with Gasteiger partial charge < -0.3 is 4.90 Å². The molecule has 2 aromatic rings. The van der Waals surface area contributed by atoms with Gasteiger partial charge in [-0.25, -0.2) is 0 Å². The molecule has 0 fully saturated rings. The minimum Gasteiger partial charge on any atom is -0.327 e. The van der Waals surface area contributed by atoms with Gasteiger partial charge >= 0.3 is 6.18 Å². The zero-order valence-electron chi connectivity index (χ0n) is 11.2. The Morgan fingerprint density at radius 3 is 2.67 bits per heavy atom. The number of nitrogens with zero attached hydrogens (tertiary/aromatic N) is 3. The maximum atomic E-state index is 12.6. The van der Waals surface area contributed by atoms with E-state index in [1.165, 1.54) is 4.68 Å². The number of aromatic nitrogens is 2. The molecular formula is C13H13ClF3N3O. The number of hydrogen-bond acceptors (Lipinski definition) is 2. The van der Waals surface area contributed by atoms with Crippen LogP contribution in [0.5, 0.6) is 0 Å². The molecule has 0 unspecified atom stereocenters. The van der Waals surface area contributed by atoms with Crippen LogP contribution in [0.15, 0.2) is 24.3 Å². The Bertz CT molecular complexity index is 654. The molecule has 4 nitrogen and oxygen atoms in total. The highest BCUT2D eigenvalue weighted by molar-refractivity contribution is 6.18. The minimum atomic E-state index is -4.48. The highest BCUT2D eigenvalue weighted by atomic mass is 35.5. The zero-order valence-corrected chi connectivity index (χ0v) is 11.9. The van der Waals surface area contributed by atoms with E-state index in [1.807, 2.05) is 0 Å². The van der Waals surface area contributed by atoms with E-state index in [0.29, 0.717) is 15.8 Å². The number of carbonyl (C=O) groups is 1. The first-order chi connectivity index (χ1) is 9.83. The van der Waals surface area contributed by atoms with Gasteiger partial charge in [0.05, 0.1) is 5.52 Å². The van der Waals surface area contributed by atoms with E-state index in [9.17, 15) is 18.0 Å². The van der Waals surface area contributed by atoms with Gasteiger partial charge in [-0.2, -0.15) is 18.3 Å². The Hall–Kier alpha value is -1.76. The van der Waals surface area contributed by atoms with Crippen molar-refractivity contribution in [1.82, 2.24) is 14.7 Å². The van der Waals surface area contributed by atoms with Gasteiger partial charge in [0.1, 0.15) is 6.54 Å². The van der Waals surface area contributed by atoms with Crippen molar-refractivity contribution in [2.24, 2.45) is 7.05 Å². The van der Waals surface area contributed by atoms with Gasteiger partial charge in [0.2, 0.25) is 0 Å². The van der Waals surface area contributed by atoms with Crippen molar-refractivity contribution in [2.75, 3.05) is 19.0 Å². The third-order valence-corrected chi connectivity index (χ3v) is 3.14. The lowest BCUT2D eigenvalue weighted by atomic mass is 10.2. The van der Waals surface area contributed by atoms with Crippen LogP contribution in [-0.4, -0.2) is 45.7 Å². The highest BCUT2D eigenvalue weighted by Crippen LogP contribution is 2.22. The highest BCUT2D eigenvalue weighted by Gasteiger charge is 2.34. The quantitative estimate of drug-likeness (QED) is 0.813. The van der Waals surface area contributed by atoms with Gasteiger partial charge in [-0.15, -0.1) is 11.6 Å². The average Bonchev–Trinajstić information content (AvgIpc) is 2.74. The molecule has 1 amide bonds. The number of alkyl halides is 4. The molecule has 0 aliphatic carbocycles. The van der Waals surface area contributed by atoms with Crippen molar-refractivity contribution in [3.8, 4) is 0 Å². The van der Waals surface area contributed by atoms with Gasteiger partial charge in [0.25, 0.3) is 5.91 Å². The largest absolute Gasteiger partial charge is 0.406 e. The van der Waals surface area contributed by atoms with Gasteiger partial charge in [-0.1, -0.05) is 18.2 Å². The van der Waals surface area contributed by atoms with Crippen LogP contribution in [0.3, 0.4) is 0 Å². The predicted octanol–water partition coefficient (Wildman–Crippen LogP) is 2.82. The van der Waals surface area contributed by atoms with E-state index in [4.69, 9.17) is 11.6 Å². The van der Waals surface area contributed by atoms with E-state index < -0.39 is 18.6 Å². The summed E-state index contributed by atoms with van der Waals surface area (Å²) in [6.07, 6.45) is -4.48. The number of halogens is 4. The fourth-order valence-corrected chi connectivity index (χ4v) is 2.30. The smallest absolute Gasteiger partial charge is 0.327 e. The van der Waals surface area contributed by atoms with Gasteiger partial charge in [-0.3, -0.25) is 9.48 Å². The maximum absolute atomic E-state index is 12.6. The second-order valence-electron chi connectivity index (χ2n) is 4.52. The van der Waals surface area contributed by atoms with E-state index in [0.717, 1.165) is 0 Å². The molecule has 8 heteroatoms. The van der Waals surface area contributed by atoms with Crippen molar-refractivity contribution >= 4 is 28.4 Å². The molecule has 1 aromatic carbocycles. The van der Waals surface area contributed by atoms with Gasteiger partial charge in [-0.05, 0) is 6.07 Å². The topological polar surface area (TPSA) is 38.1 Å². The summed E-state index contributed by atoms with van der Waals surface area (Å²) in [5.74, 6) is -0.850. The van der Waals surface area contributed by atoms with Crippen molar-refractivity contribution in [3.63, 3.8) is 0 Å². The van der Waals surface area contributed by atoms with Crippen LogP contribution in [0.2, 0.25) is 0 Å². The van der Waals surface area contributed by atoms with E-state index >= 15 is 0 Å². The number of hydrogen-bond donors (Lipinski definition) is 0. The lowest BCUT2D eigenvalue weighted by Crippen LogP contribution is -2.40. The average molecular weight is 320 g/mol. The number of benzene rings is 1. The van der Waals surface area contributed by atoms with Crippen LogP contribution in [0, 0.1) is 0 Å². The molecule has 0 aliphatic heterocycles.